The van der Waals surface area contributed by atoms with Gasteiger partial charge in [-0.1, -0.05) is 29.8 Å². The molecule has 2 N–H and O–H groups in total. The first kappa shape index (κ1) is 12.9. The summed E-state index contributed by atoms with van der Waals surface area (Å²) in [6.07, 6.45) is 0.734. The zero-order valence-corrected chi connectivity index (χ0v) is 10.5. The molecule has 1 fully saturated rings. The van der Waals surface area contributed by atoms with E-state index in [-0.39, 0.29) is 30.7 Å². The van der Waals surface area contributed by atoms with Crippen LogP contribution in [-0.4, -0.2) is 23.5 Å². The number of hydrogen-bond donors (Lipinski definition) is 2. The summed E-state index contributed by atoms with van der Waals surface area (Å²) in [6, 6.07) is 7.50. The second kappa shape index (κ2) is 5.40. The summed E-state index contributed by atoms with van der Waals surface area (Å²) in [4.78, 5) is 22.1. The number of carbonyl (C=O) groups is 2. The highest BCUT2D eigenvalue weighted by atomic mass is 35.5. The Morgan fingerprint density at radius 3 is 2.78 bits per heavy atom. The van der Waals surface area contributed by atoms with Gasteiger partial charge in [-0.05, 0) is 24.0 Å². The molecule has 0 radical (unpaired) electrons. The standard InChI is InChI=1S/C13H14ClNO3/c14-11-4-2-1-3-8(11)9-7-10(9)13(18)15-6-5-12(16)17/h1-4,9-10H,5-7H2,(H,15,18)(H,16,17)/t9-,10+/m0/s1. The molecule has 0 bridgehead atoms. The first-order valence-corrected chi connectivity index (χ1v) is 6.21. The fourth-order valence-electron chi connectivity index (χ4n) is 2.03. The number of nitrogens with one attached hydrogen (secondary N) is 1. The Hall–Kier alpha value is -1.55. The molecule has 1 amide bonds. The average Bonchev–Trinajstić information content (AvgIpc) is 3.09. The normalized spacial score (nSPS) is 21.4. The Bertz CT molecular complexity index is 475. The maximum atomic E-state index is 11.7. The van der Waals surface area contributed by atoms with E-state index in [2.05, 4.69) is 5.32 Å². The third-order valence-corrected chi connectivity index (χ3v) is 3.41. The van der Waals surface area contributed by atoms with Crippen molar-refractivity contribution in [2.75, 3.05) is 6.54 Å². The molecule has 1 aromatic rings. The zero-order valence-electron chi connectivity index (χ0n) is 9.73. The van der Waals surface area contributed by atoms with Crippen LogP contribution >= 0.6 is 11.6 Å². The van der Waals surface area contributed by atoms with Gasteiger partial charge in [0.05, 0.1) is 6.42 Å². The molecule has 0 unspecified atom stereocenters. The monoisotopic (exact) mass is 267 g/mol. The number of amides is 1. The third-order valence-electron chi connectivity index (χ3n) is 3.07. The van der Waals surface area contributed by atoms with E-state index < -0.39 is 5.97 Å². The van der Waals surface area contributed by atoms with Gasteiger partial charge in [0.15, 0.2) is 0 Å². The lowest BCUT2D eigenvalue weighted by Gasteiger charge is -2.04. The van der Waals surface area contributed by atoms with E-state index in [0.29, 0.717) is 5.02 Å². The van der Waals surface area contributed by atoms with Gasteiger partial charge >= 0.3 is 5.97 Å². The maximum absolute atomic E-state index is 11.7. The molecule has 0 saturated heterocycles. The number of aliphatic carboxylic acids is 1. The molecule has 96 valence electrons. The molecule has 1 aromatic carbocycles. The SMILES string of the molecule is O=C(O)CCNC(=O)[C@@H]1C[C@H]1c1ccccc1Cl. The topological polar surface area (TPSA) is 66.4 Å². The van der Waals surface area contributed by atoms with Crippen molar-refractivity contribution in [2.45, 2.75) is 18.8 Å². The van der Waals surface area contributed by atoms with E-state index in [1.165, 1.54) is 0 Å². The number of carbonyl (C=O) groups excluding carboxylic acids is 1. The molecule has 2 rings (SSSR count). The van der Waals surface area contributed by atoms with Crippen LogP contribution in [0.25, 0.3) is 0 Å². The molecule has 1 aliphatic rings. The molecule has 2 atom stereocenters. The van der Waals surface area contributed by atoms with Crippen molar-refractivity contribution in [3.8, 4) is 0 Å². The first-order valence-electron chi connectivity index (χ1n) is 5.83. The van der Waals surface area contributed by atoms with Gasteiger partial charge in [0.2, 0.25) is 5.91 Å². The smallest absolute Gasteiger partial charge is 0.305 e. The molecular formula is C13H14ClNO3. The predicted molar refractivity (Wildman–Crippen MR) is 67.6 cm³/mol. The quantitative estimate of drug-likeness (QED) is 0.858. The zero-order chi connectivity index (χ0) is 13.1. The second-order valence-corrected chi connectivity index (χ2v) is 4.81. The van der Waals surface area contributed by atoms with E-state index in [9.17, 15) is 9.59 Å². The molecule has 4 nitrogen and oxygen atoms in total. The molecule has 0 aliphatic heterocycles. The van der Waals surface area contributed by atoms with Crippen LogP contribution in [0.5, 0.6) is 0 Å². The molecular weight excluding hydrogens is 254 g/mol. The van der Waals surface area contributed by atoms with E-state index in [0.717, 1.165) is 12.0 Å². The summed E-state index contributed by atoms with van der Waals surface area (Å²) in [7, 11) is 0. The van der Waals surface area contributed by atoms with Crippen LogP contribution in [0.15, 0.2) is 24.3 Å². The van der Waals surface area contributed by atoms with Gasteiger partial charge in [-0.15, -0.1) is 0 Å². The van der Waals surface area contributed by atoms with Gasteiger partial charge in [0, 0.05) is 17.5 Å². The second-order valence-electron chi connectivity index (χ2n) is 4.40. The minimum Gasteiger partial charge on any atom is -0.481 e. The summed E-state index contributed by atoms with van der Waals surface area (Å²) in [5.74, 6) is -0.892. The molecule has 1 aliphatic carbocycles. The van der Waals surface area contributed by atoms with Crippen molar-refractivity contribution in [1.82, 2.24) is 5.32 Å². The van der Waals surface area contributed by atoms with Crippen LogP contribution in [0.3, 0.4) is 0 Å². The molecule has 1 saturated carbocycles. The van der Waals surface area contributed by atoms with E-state index in [1.54, 1.807) is 0 Å². The highest BCUT2D eigenvalue weighted by Crippen LogP contribution is 2.49. The largest absolute Gasteiger partial charge is 0.481 e. The van der Waals surface area contributed by atoms with Crippen LogP contribution in [0.2, 0.25) is 5.02 Å². The first-order chi connectivity index (χ1) is 8.59. The van der Waals surface area contributed by atoms with Crippen molar-refractivity contribution in [3.05, 3.63) is 34.9 Å². The van der Waals surface area contributed by atoms with E-state index in [1.807, 2.05) is 24.3 Å². The molecule has 0 heterocycles. The number of carboxylic acid groups (broad SMARTS) is 1. The summed E-state index contributed by atoms with van der Waals surface area (Å²) in [5, 5.41) is 11.8. The van der Waals surface area contributed by atoms with Gasteiger partial charge in [0.1, 0.15) is 0 Å². The predicted octanol–water partition coefficient (Wildman–Crippen LogP) is 2.03. The summed E-state index contributed by atoms with van der Waals surface area (Å²) < 4.78 is 0. The van der Waals surface area contributed by atoms with E-state index in [4.69, 9.17) is 16.7 Å². The van der Waals surface area contributed by atoms with Gasteiger partial charge in [0.25, 0.3) is 0 Å². The van der Waals surface area contributed by atoms with Crippen LogP contribution in [0, 0.1) is 5.92 Å². The Morgan fingerprint density at radius 2 is 2.11 bits per heavy atom. The Labute approximate surface area is 110 Å². The van der Waals surface area contributed by atoms with Crippen molar-refractivity contribution in [2.24, 2.45) is 5.92 Å². The Kier molecular flexibility index (Phi) is 3.87. The Balaban J connectivity index is 1.86. The fourth-order valence-corrected chi connectivity index (χ4v) is 2.30. The molecule has 0 aromatic heterocycles. The van der Waals surface area contributed by atoms with Crippen LogP contribution in [-0.2, 0) is 9.59 Å². The maximum Gasteiger partial charge on any atom is 0.305 e. The van der Waals surface area contributed by atoms with Crippen molar-refractivity contribution in [1.29, 1.82) is 0 Å². The molecule has 0 spiro atoms. The average molecular weight is 268 g/mol. The summed E-state index contributed by atoms with van der Waals surface area (Å²) in [5.41, 5.74) is 0.998. The molecule has 5 heteroatoms. The van der Waals surface area contributed by atoms with Crippen LogP contribution in [0.1, 0.15) is 24.3 Å². The van der Waals surface area contributed by atoms with Crippen molar-refractivity contribution < 1.29 is 14.7 Å². The number of hydrogen-bond acceptors (Lipinski definition) is 2. The van der Waals surface area contributed by atoms with Crippen LogP contribution < -0.4 is 5.32 Å². The van der Waals surface area contributed by atoms with Gasteiger partial charge in [-0.3, -0.25) is 9.59 Å². The third kappa shape index (κ3) is 3.01. The Morgan fingerprint density at radius 1 is 1.39 bits per heavy atom. The summed E-state index contributed by atoms with van der Waals surface area (Å²) in [6.45, 7) is 0.180. The number of benzene rings is 1. The lowest BCUT2D eigenvalue weighted by molar-refractivity contribution is -0.136. The summed E-state index contributed by atoms with van der Waals surface area (Å²) >= 11 is 6.07. The minimum absolute atomic E-state index is 0.0464. The lowest BCUT2D eigenvalue weighted by atomic mass is 10.1. The van der Waals surface area contributed by atoms with Gasteiger partial charge in [-0.2, -0.15) is 0 Å². The number of halogens is 1. The lowest BCUT2D eigenvalue weighted by Crippen LogP contribution is -2.27. The fraction of sp³-hybridized carbons (Fsp3) is 0.385. The minimum atomic E-state index is -0.909. The molecule has 18 heavy (non-hydrogen) atoms. The van der Waals surface area contributed by atoms with Crippen molar-refractivity contribution >= 4 is 23.5 Å². The number of carboxylic acids is 1. The van der Waals surface area contributed by atoms with Gasteiger partial charge in [-0.25, -0.2) is 0 Å². The van der Waals surface area contributed by atoms with Crippen molar-refractivity contribution in [3.63, 3.8) is 0 Å². The van der Waals surface area contributed by atoms with Gasteiger partial charge < -0.3 is 10.4 Å². The van der Waals surface area contributed by atoms with Crippen LogP contribution in [0.4, 0.5) is 0 Å². The number of rotatable bonds is 5. The highest BCUT2D eigenvalue weighted by Gasteiger charge is 2.44. The highest BCUT2D eigenvalue weighted by molar-refractivity contribution is 6.31. The van der Waals surface area contributed by atoms with E-state index >= 15 is 0 Å².